The molecule has 0 atom stereocenters. The van der Waals surface area contributed by atoms with Crippen LogP contribution < -0.4 is 20.1 Å². The summed E-state index contributed by atoms with van der Waals surface area (Å²) in [7, 11) is 1.64. The maximum atomic E-state index is 6.02. The minimum atomic E-state index is 0.476. The van der Waals surface area contributed by atoms with E-state index in [0.29, 0.717) is 17.5 Å². The topological polar surface area (TPSA) is 68.3 Å². The lowest BCUT2D eigenvalue weighted by Crippen LogP contribution is -2.03. The summed E-state index contributed by atoms with van der Waals surface area (Å²) in [6.07, 6.45) is 0. The average molecular weight is 398 g/mol. The number of rotatable bonds is 7. The molecule has 1 aromatic heterocycles. The molecule has 0 fully saturated rings. The van der Waals surface area contributed by atoms with Gasteiger partial charge in [0.1, 0.15) is 17.3 Å². The second-order valence-electron chi connectivity index (χ2n) is 6.61. The van der Waals surface area contributed by atoms with Crippen LogP contribution in [-0.2, 0) is 0 Å². The zero-order valence-corrected chi connectivity index (χ0v) is 16.8. The van der Waals surface area contributed by atoms with Crippen LogP contribution >= 0.6 is 0 Å². The Labute approximate surface area is 175 Å². The smallest absolute Gasteiger partial charge is 0.229 e. The van der Waals surface area contributed by atoms with Gasteiger partial charge in [0.25, 0.3) is 0 Å². The Kier molecular flexibility index (Phi) is 5.75. The van der Waals surface area contributed by atoms with E-state index in [1.54, 1.807) is 7.11 Å². The quantitative estimate of drug-likeness (QED) is 0.394. The third kappa shape index (κ3) is 4.86. The predicted molar refractivity (Wildman–Crippen MR) is 119 cm³/mol. The normalized spacial score (nSPS) is 10.3. The van der Waals surface area contributed by atoms with Crippen LogP contribution in [0.15, 0.2) is 84.9 Å². The molecule has 0 saturated carbocycles. The monoisotopic (exact) mass is 398 g/mol. The summed E-state index contributed by atoms with van der Waals surface area (Å²) in [6.45, 7) is 1.93. The zero-order chi connectivity index (χ0) is 20.8. The van der Waals surface area contributed by atoms with E-state index in [0.717, 1.165) is 28.6 Å². The van der Waals surface area contributed by atoms with Crippen LogP contribution in [0.3, 0.4) is 0 Å². The van der Waals surface area contributed by atoms with E-state index in [-0.39, 0.29) is 0 Å². The van der Waals surface area contributed by atoms with E-state index in [9.17, 15) is 0 Å². The van der Waals surface area contributed by atoms with Gasteiger partial charge in [-0.25, -0.2) is 4.98 Å². The number of ether oxygens (including phenoxy) is 2. The maximum absolute atomic E-state index is 6.02. The van der Waals surface area contributed by atoms with Gasteiger partial charge in [0.05, 0.1) is 12.8 Å². The number of nitrogens with one attached hydrogen (secondary N) is 2. The first-order valence-corrected chi connectivity index (χ1v) is 9.55. The molecule has 1 heterocycles. The second kappa shape index (κ2) is 8.96. The molecule has 0 aliphatic heterocycles. The number of methoxy groups -OCH3 is 1. The highest BCUT2D eigenvalue weighted by molar-refractivity contribution is 5.65. The molecule has 0 unspecified atom stereocenters. The molecule has 150 valence electrons. The van der Waals surface area contributed by atoms with Gasteiger partial charge in [0.2, 0.25) is 5.95 Å². The highest BCUT2D eigenvalue weighted by Gasteiger charge is 2.09. The number of nitrogens with zero attached hydrogens (tertiary/aromatic N) is 2. The van der Waals surface area contributed by atoms with Gasteiger partial charge in [0, 0.05) is 23.5 Å². The molecule has 0 bridgehead atoms. The van der Waals surface area contributed by atoms with Gasteiger partial charge in [-0.05, 0) is 43.3 Å². The summed E-state index contributed by atoms with van der Waals surface area (Å²) in [5.74, 6) is 3.38. The summed E-state index contributed by atoms with van der Waals surface area (Å²) >= 11 is 0. The zero-order valence-electron chi connectivity index (χ0n) is 16.8. The molecular formula is C24H22N4O2. The minimum absolute atomic E-state index is 0.476. The van der Waals surface area contributed by atoms with Crippen molar-refractivity contribution in [3.8, 4) is 17.2 Å². The van der Waals surface area contributed by atoms with Crippen LogP contribution in [0, 0.1) is 6.92 Å². The first kappa shape index (κ1) is 19.3. The van der Waals surface area contributed by atoms with Crippen molar-refractivity contribution in [1.82, 2.24) is 9.97 Å². The van der Waals surface area contributed by atoms with Crippen molar-refractivity contribution in [3.63, 3.8) is 0 Å². The molecule has 0 amide bonds. The van der Waals surface area contributed by atoms with Crippen LogP contribution in [0.4, 0.5) is 23.1 Å². The molecule has 4 rings (SSSR count). The lowest BCUT2D eigenvalue weighted by Gasteiger charge is -2.14. The average Bonchev–Trinajstić information content (AvgIpc) is 2.75. The van der Waals surface area contributed by atoms with E-state index in [1.807, 2.05) is 91.9 Å². The van der Waals surface area contributed by atoms with Gasteiger partial charge in [-0.3, -0.25) is 0 Å². The fraction of sp³-hybridized carbons (Fsp3) is 0.0833. The Bertz CT molecular complexity index is 1130. The molecular weight excluding hydrogens is 376 g/mol. The highest BCUT2D eigenvalue weighted by Crippen LogP contribution is 2.31. The lowest BCUT2D eigenvalue weighted by atomic mass is 10.3. The third-order valence-electron chi connectivity index (χ3n) is 4.30. The SMILES string of the molecule is COc1cccc(Nc2cc(C)nc(Nc3ccccc3Oc3ccccc3)n2)c1. The van der Waals surface area contributed by atoms with Crippen LogP contribution in [0.5, 0.6) is 17.2 Å². The van der Waals surface area contributed by atoms with E-state index in [2.05, 4.69) is 20.6 Å². The standard InChI is InChI=1S/C24H22N4O2/c1-17-15-23(26-18-9-8-12-20(16-18)29-2)28-24(25-17)27-21-13-6-7-14-22(21)30-19-10-4-3-5-11-19/h3-16H,1-2H3,(H2,25,26,27,28). The summed E-state index contributed by atoms with van der Waals surface area (Å²) in [5, 5.41) is 6.57. The fourth-order valence-corrected chi connectivity index (χ4v) is 2.93. The number of aromatic nitrogens is 2. The molecule has 6 heteroatoms. The van der Waals surface area contributed by atoms with E-state index in [4.69, 9.17) is 9.47 Å². The summed E-state index contributed by atoms with van der Waals surface area (Å²) < 4.78 is 11.3. The molecule has 0 aliphatic carbocycles. The molecule has 2 N–H and O–H groups in total. The van der Waals surface area contributed by atoms with Crippen molar-refractivity contribution in [2.24, 2.45) is 0 Å². The van der Waals surface area contributed by atoms with E-state index >= 15 is 0 Å². The summed E-state index contributed by atoms with van der Waals surface area (Å²) in [6, 6.07) is 26.9. The number of hydrogen-bond acceptors (Lipinski definition) is 6. The molecule has 6 nitrogen and oxygen atoms in total. The van der Waals surface area contributed by atoms with Crippen molar-refractivity contribution >= 4 is 23.1 Å². The van der Waals surface area contributed by atoms with Crippen molar-refractivity contribution in [3.05, 3.63) is 90.6 Å². The maximum Gasteiger partial charge on any atom is 0.229 e. The predicted octanol–water partition coefficient (Wildman–Crippen LogP) is 6.07. The Hall–Kier alpha value is -4.06. The minimum Gasteiger partial charge on any atom is -0.497 e. The first-order chi connectivity index (χ1) is 14.7. The molecule has 0 spiro atoms. The summed E-state index contributed by atoms with van der Waals surface area (Å²) in [4.78, 5) is 9.11. The molecule has 3 aromatic carbocycles. The van der Waals surface area contributed by atoms with E-state index in [1.165, 1.54) is 0 Å². The van der Waals surface area contributed by atoms with E-state index < -0.39 is 0 Å². The molecule has 0 saturated heterocycles. The molecule has 4 aromatic rings. The van der Waals surface area contributed by atoms with Crippen molar-refractivity contribution in [2.75, 3.05) is 17.7 Å². The van der Waals surface area contributed by atoms with Gasteiger partial charge in [-0.1, -0.05) is 36.4 Å². The van der Waals surface area contributed by atoms with Gasteiger partial charge < -0.3 is 20.1 Å². The first-order valence-electron chi connectivity index (χ1n) is 9.55. The molecule has 30 heavy (non-hydrogen) atoms. The van der Waals surface area contributed by atoms with Crippen molar-refractivity contribution in [1.29, 1.82) is 0 Å². The van der Waals surface area contributed by atoms with Gasteiger partial charge in [0.15, 0.2) is 5.75 Å². The van der Waals surface area contributed by atoms with Crippen LogP contribution in [0.1, 0.15) is 5.69 Å². The van der Waals surface area contributed by atoms with Crippen molar-refractivity contribution < 1.29 is 9.47 Å². The van der Waals surface area contributed by atoms with Gasteiger partial charge in [-0.15, -0.1) is 0 Å². The second-order valence-corrected chi connectivity index (χ2v) is 6.61. The number of aryl methyl sites for hydroxylation is 1. The largest absolute Gasteiger partial charge is 0.497 e. The Balaban J connectivity index is 1.57. The third-order valence-corrected chi connectivity index (χ3v) is 4.30. The fourth-order valence-electron chi connectivity index (χ4n) is 2.93. The van der Waals surface area contributed by atoms with Gasteiger partial charge >= 0.3 is 0 Å². The molecule has 0 radical (unpaired) electrons. The number of para-hydroxylation sites is 3. The summed E-state index contributed by atoms with van der Waals surface area (Å²) in [5.41, 5.74) is 2.49. The van der Waals surface area contributed by atoms with Crippen molar-refractivity contribution in [2.45, 2.75) is 6.92 Å². The Morgan fingerprint density at radius 1 is 0.733 bits per heavy atom. The number of hydrogen-bond donors (Lipinski definition) is 2. The highest BCUT2D eigenvalue weighted by atomic mass is 16.5. The molecule has 0 aliphatic rings. The number of anilines is 4. The van der Waals surface area contributed by atoms with Gasteiger partial charge in [-0.2, -0.15) is 4.98 Å². The van der Waals surface area contributed by atoms with Crippen LogP contribution in [0.25, 0.3) is 0 Å². The Morgan fingerprint density at radius 2 is 1.50 bits per heavy atom. The van der Waals surface area contributed by atoms with Crippen LogP contribution in [-0.4, -0.2) is 17.1 Å². The Morgan fingerprint density at radius 3 is 2.33 bits per heavy atom. The lowest BCUT2D eigenvalue weighted by molar-refractivity contribution is 0.415. The van der Waals surface area contributed by atoms with Crippen LogP contribution in [0.2, 0.25) is 0 Å². The number of benzene rings is 3.